The van der Waals surface area contributed by atoms with Crippen molar-refractivity contribution in [1.82, 2.24) is 15.1 Å². The number of hydrogen-bond donors (Lipinski definition) is 2. The van der Waals surface area contributed by atoms with E-state index in [9.17, 15) is 26.7 Å². The summed E-state index contributed by atoms with van der Waals surface area (Å²) in [6.07, 6.45) is -1.62. The van der Waals surface area contributed by atoms with E-state index >= 15 is 0 Å². The molecule has 0 fully saturated rings. The van der Waals surface area contributed by atoms with Crippen LogP contribution in [0, 0.1) is 0 Å². The van der Waals surface area contributed by atoms with Crippen LogP contribution in [0.4, 0.5) is 32.4 Å². The molecule has 158 valence electrons. The van der Waals surface area contributed by atoms with Crippen molar-refractivity contribution >= 4 is 11.7 Å². The molecule has 2 aromatic carbocycles. The minimum Gasteiger partial charge on any atom is -0.435 e. The van der Waals surface area contributed by atoms with Crippen molar-refractivity contribution in [2.75, 3.05) is 5.32 Å². The zero-order valence-electron chi connectivity index (χ0n) is 15.2. The first-order chi connectivity index (χ1) is 14.2. The van der Waals surface area contributed by atoms with Crippen molar-refractivity contribution in [2.45, 2.75) is 19.3 Å². The molecule has 0 saturated carbocycles. The third-order valence-corrected chi connectivity index (χ3v) is 3.92. The first kappa shape index (κ1) is 21.1. The van der Waals surface area contributed by atoms with Crippen LogP contribution < -0.4 is 15.4 Å². The molecule has 0 radical (unpaired) electrons. The van der Waals surface area contributed by atoms with Crippen LogP contribution >= 0.6 is 0 Å². The van der Waals surface area contributed by atoms with Crippen LogP contribution in [0.5, 0.6) is 5.75 Å². The van der Waals surface area contributed by atoms with Gasteiger partial charge in [0.25, 0.3) is 0 Å². The molecule has 0 spiro atoms. The Labute approximate surface area is 167 Å². The third kappa shape index (κ3) is 5.46. The molecule has 1 heterocycles. The lowest BCUT2D eigenvalue weighted by molar-refractivity contribution is -0.137. The molecule has 1 aromatic heterocycles. The molecule has 0 aliphatic carbocycles. The Morgan fingerprint density at radius 2 is 1.87 bits per heavy atom. The van der Waals surface area contributed by atoms with Crippen LogP contribution in [0.2, 0.25) is 0 Å². The highest BCUT2D eigenvalue weighted by molar-refractivity contribution is 5.91. The number of nitrogens with zero attached hydrogens (tertiary/aromatic N) is 2. The van der Waals surface area contributed by atoms with Crippen molar-refractivity contribution in [3.8, 4) is 11.4 Å². The fourth-order valence-electron chi connectivity index (χ4n) is 2.56. The van der Waals surface area contributed by atoms with E-state index < -0.39 is 24.4 Å². The molecule has 6 nitrogen and oxygen atoms in total. The summed E-state index contributed by atoms with van der Waals surface area (Å²) in [5.41, 5.74) is -0.199. The smallest absolute Gasteiger partial charge is 0.416 e. The number of nitrogens with one attached hydrogen (secondary N) is 2. The van der Waals surface area contributed by atoms with Gasteiger partial charge in [0.2, 0.25) is 0 Å². The molecule has 0 saturated heterocycles. The van der Waals surface area contributed by atoms with E-state index in [1.807, 2.05) is 0 Å². The maximum absolute atomic E-state index is 13.1. The Balaban J connectivity index is 1.70. The lowest BCUT2D eigenvalue weighted by Gasteiger charge is -2.15. The van der Waals surface area contributed by atoms with Gasteiger partial charge in [-0.05, 0) is 42.0 Å². The topological polar surface area (TPSA) is 68.2 Å². The number of urea groups is 1. The van der Waals surface area contributed by atoms with Gasteiger partial charge in [-0.25, -0.2) is 9.48 Å². The Kier molecular flexibility index (Phi) is 6.19. The Hall–Kier alpha value is -3.63. The molecule has 2 amide bonds. The molecule has 0 unspecified atom stereocenters. The minimum atomic E-state index is -4.59. The SMILES string of the molecule is O=C(NCc1ccc(OC(F)F)cc1)Nc1cc(C(F)(F)F)ccc1-n1cccn1. The number of alkyl halides is 5. The number of carbonyl (C=O) groups excluding carboxylic acids is 1. The number of benzene rings is 2. The van der Waals surface area contributed by atoms with Crippen LogP contribution in [0.25, 0.3) is 5.69 Å². The van der Waals surface area contributed by atoms with Crippen molar-refractivity contribution in [1.29, 1.82) is 0 Å². The summed E-state index contributed by atoms with van der Waals surface area (Å²) in [7, 11) is 0. The lowest BCUT2D eigenvalue weighted by atomic mass is 10.1. The summed E-state index contributed by atoms with van der Waals surface area (Å²) in [6, 6.07) is 9.30. The fraction of sp³-hybridized carbons (Fsp3) is 0.158. The standard InChI is InChI=1S/C19H15F5N4O2/c20-17(21)30-14-5-2-12(3-6-14)11-25-18(29)27-15-10-13(19(22,23)24)4-7-16(15)28-9-1-8-26-28/h1-10,17H,11H2,(H2,25,27,29). The second-order valence-electron chi connectivity index (χ2n) is 6.01. The van der Waals surface area contributed by atoms with Gasteiger partial charge < -0.3 is 15.4 Å². The Bertz CT molecular complexity index is 989. The van der Waals surface area contributed by atoms with Crippen LogP contribution in [-0.2, 0) is 12.7 Å². The van der Waals surface area contributed by atoms with E-state index in [-0.39, 0.29) is 23.7 Å². The molecule has 3 rings (SSSR count). The van der Waals surface area contributed by atoms with Gasteiger partial charge in [-0.3, -0.25) is 0 Å². The average molecular weight is 426 g/mol. The maximum atomic E-state index is 13.1. The van der Waals surface area contributed by atoms with Gasteiger partial charge in [0.15, 0.2) is 0 Å². The number of carbonyl (C=O) groups is 1. The zero-order valence-corrected chi connectivity index (χ0v) is 15.2. The van der Waals surface area contributed by atoms with E-state index in [0.29, 0.717) is 5.56 Å². The summed E-state index contributed by atoms with van der Waals surface area (Å²) in [5, 5.41) is 8.84. The van der Waals surface area contributed by atoms with Gasteiger partial charge in [-0.15, -0.1) is 0 Å². The van der Waals surface area contributed by atoms with Gasteiger partial charge in [0.1, 0.15) is 5.75 Å². The molecule has 11 heteroatoms. The minimum absolute atomic E-state index is 0.0108. The number of anilines is 1. The van der Waals surface area contributed by atoms with E-state index in [0.717, 1.165) is 12.1 Å². The van der Waals surface area contributed by atoms with Crippen molar-refractivity contribution in [3.63, 3.8) is 0 Å². The molecule has 0 bridgehead atoms. The predicted octanol–water partition coefficient (Wildman–Crippen LogP) is 4.81. The number of hydrogen-bond acceptors (Lipinski definition) is 3. The van der Waals surface area contributed by atoms with E-state index in [2.05, 4.69) is 20.5 Å². The van der Waals surface area contributed by atoms with Crippen LogP contribution in [0.3, 0.4) is 0 Å². The molecule has 0 atom stereocenters. The van der Waals surface area contributed by atoms with Gasteiger partial charge >= 0.3 is 18.8 Å². The van der Waals surface area contributed by atoms with E-state index in [1.165, 1.54) is 47.4 Å². The summed E-state index contributed by atoms with van der Waals surface area (Å²) >= 11 is 0. The largest absolute Gasteiger partial charge is 0.435 e. The van der Waals surface area contributed by atoms with Gasteiger partial charge in [0, 0.05) is 18.9 Å². The van der Waals surface area contributed by atoms with Gasteiger partial charge in [-0.2, -0.15) is 27.1 Å². The average Bonchev–Trinajstić information content (AvgIpc) is 3.21. The van der Waals surface area contributed by atoms with Gasteiger partial charge in [0.05, 0.1) is 16.9 Å². The molecule has 0 aliphatic heterocycles. The fourth-order valence-corrected chi connectivity index (χ4v) is 2.56. The first-order valence-corrected chi connectivity index (χ1v) is 8.52. The van der Waals surface area contributed by atoms with Crippen LogP contribution in [0.15, 0.2) is 60.9 Å². The predicted molar refractivity (Wildman–Crippen MR) is 97.5 cm³/mol. The second kappa shape index (κ2) is 8.80. The highest BCUT2D eigenvalue weighted by Gasteiger charge is 2.31. The molecular weight excluding hydrogens is 411 g/mol. The highest BCUT2D eigenvalue weighted by Crippen LogP contribution is 2.33. The summed E-state index contributed by atoms with van der Waals surface area (Å²) in [6.45, 7) is -2.94. The van der Waals surface area contributed by atoms with Crippen LogP contribution in [-0.4, -0.2) is 22.4 Å². The van der Waals surface area contributed by atoms with Crippen LogP contribution in [0.1, 0.15) is 11.1 Å². The van der Waals surface area contributed by atoms with Crippen molar-refractivity contribution in [2.24, 2.45) is 0 Å². The number of rotatable bonds is 6. The maximum Gasteiger partial charge on any atom is 0.416 e. The normalized spacial score (nSPS) is 11.4. The monoisotopic (exact) mass is 426 g/mol. The Morgan fingerprint density at radius 3 is 2.47 bits per heavy atom. The van der Waals surface area contributed by atoms with Gasteiger partial charge in [-0.1, -0.05) is 12.1 Å². The third-order valence-electron chi connectivity index (χ3n) is 3.92. The van der Waals surface area contributed by atoms with E-state index in [4.69, 9.17) is 0 Å². The molecule has 2 N–H and O–H groups in total. The van der Waals surface area contributed by atoms with Crippen molar-refractivity contribution in [3.05, 3.63) is 72.1 Å². The highest BCUT2D eigenvalue weighted by atomic mass is 19.4. The lowest BCUT2D eigenvalue weighted by Crippen LogP contribution is -2.29. The summed E-state index contributed by atoms with van der Waals surface area (Å²) in [4.78, 5) is 12.2. The number of halogens is 5. The zero-order chi connectivity index (χ0) is 21.7. The number of aromatic nitrogens is 2. The summed E-state index contributed by atoms with van der Waals surface area (Å²) < 4.78 is 69.0. The van der Waals surface area contributed by atoms with Crippen molar-refractivity contribution < 1.29 is 31.5 Å². The number of ether oxygens (including phenoxy) is 1. The molecule has 0 aliphatic rings. The first-order valence-electron chi connectivity index (χ1n) is 8.52. The molecular formula is C19H15F5N4O2. The number of amides is 2. The second-order valence-corrected chi connectivity index (χ2v) is 6.01. The quantitative estimate of drug-likeness (QED) is 0.556. The van der Waals surface area contributed by atoms with E-state index in [1.54, 1.807) is 6.07 Å². The molecule has 30 heavy (non-hydrogen) atoms. The Morgan fingerprint density at radius 1 is 1.13 bits per heavy atom. The summed E-state index contributed by atoms with van der Waals surface area (Å²) in [5.74, 6) is -0.0361. The molecule has 3 aromatic rings.